The first-order valence-electron chi connectivity index (χ1n) is 6.72. The highest BCUT2D eigenvalue weighted by Crippen LogP contribution is 2.32. The number of fused-ring (bicyclic) bond motifs is 1. The minimum absolute atomic E-state index is 0.0440. The zero-order chi connectivity index (χ0) is 15.1. The first-order valence-corrected chi connectivity index (χ1v) is 7.54. The van der Waals surface area contributed by atoms with Crippen LogP contribution >= 0.6 is 11.3 Å². The third-order valence-corrected chi connectivity index (χ3v) is 4.99. The molecule has 0 bridgehead atoms. The van der Waals surface area contributed by atoms with Crippen molar-refractivity contribution in [3.63, 3.8) is 0 Å². The van der Waals surface area contributed by atoms with Gasteiger partial charge in [-0.15, -0.1) is 11.3 Å². The topological polar surface area (TPSA) is 57.6 Å². The minimum Gasteiger partial charge on any atom is -0.478 e. The van der Waals surface area contributed by atoms with Gasteiger partial charge in [0, 0.05) is 17.1 Å². The zero-order valence-corrected chi connectivity index (χ0v) is 12.7. The third-order valence-electron chi connectivity index (χ3n) is 3.85. The molecule has 1 amide bonds. The number of benzene rings is 1. The van der Waals surface area contributed by atoms with Gasteiger partial charge in [0.25, 0.3) is 5.91 Å². The number of hydrogen-bond acceptors (Lipinski definition) is 3. The molecule has 0 saturated carbocycles. The van der Waals surface area contributed by atoms with E-state index in [-0.39, 0.29) is 11.5 Å². The summed E-state index contributed by atoms with van der Waals surface area (Å²) in [6, 6.07) is 6.89. The summed E-state index contributed by atoms with van der Waals surface area (Å²) < 4.78 is 0. The molecule has 3 rings (SSSR count). The van der Waals surface area contributed by atoms with Crippen LogP contribution in [-0.2, 0) is 6.42 Å². The molecule has 0 aliphatic carbocycles. The molecule has 1 aromatic heterocycles. The molecule has 2 heterocycles. The lowest BCUT2D eigenvalue weighted by Gasteiger charge is -2.16. The van der Waals surface area contributed by atoms with Crippen LogP contribution in [0.25, 0.3) is 0 Å². The predicted molar refractivity (Wildman–Crippen MR) is 82.6 cm³/mol. The molecule has 0 fully saturated rings. The summed E-state index contributed by atoms with van der Waals surface area (Å²) in [4.78, 5) is 27.3. The van der Waals surface area contributed by atoms with Crippen LogP contribution in [0.4, 0.5) is 5.69 Å². The second-order valence-electron chi connectivity index (χ2n) is 5.21. The molecule has 4 nitrogen and oxygen atoms in total. The molecule has 5 heteroatoms. The van der Waals surface area contributed by atoms with Crippen LogP contribution in [0.3, 0.4) is 0 Å². The molecule has 0 atom stereocenters. The van der Waals surface area contributed by atoms with E-state index in [2.05, 4.69) is 0 Å². The summed E-state index contributed by atoms with van der Waals surface area (Å²) in [6.07, 6.45) is 0.768. The van der Waals surface area contributed by atoms with Crippen LogP contribution in [0, 0.1) is 13.8 Å². The van der Waals surface area contributed by atoms with Crippen LogP contribution in [0.5, 0.6) is 0 Å². The molecule has 0 saturated heterocycles. The van der Waals surface area contributed by atoms with Crippen LogP contribution in [-0.4, -0.2) is 23.5 Å². The zero-order valence-electron chi connectivity index (χ0n) is 11.8. The summed E-state index contributed by atoms with van der Waals surface area (Å²) >= 11 is 1.49. The van der Waals surface area contributed by atoms with Crippen molar-refractivity contribution in [1.82, 2.24) is 0 Å². The Morgan fingerprint density at radius 1 is 1.24 bits per heavy atom. The number of carbonyl (C=O) groups is 2. The van der Waals surface area contributed by atoms with Gasteiger partial charge in [-0.05, 0) is 49.6 Å². The monoisotopic (exact) mass is 301 g/mol. The summed E-state index contributed by atoms with van der Waals surface area (Å²) in [5.74, 6) is -1.02. The normalized spacial score (nSPS) is 13.3. The Kier molecular flexibility index (Phi) is 3.29. The molecule has 0 unspecified atom stereocenters. The van der Waals surface area contributed by atoms with E-state index in [1.54, 1.807) is 23.1 Å². The maximum absolute atomic E-state index is 12.6. The van der Waals surface area contributed by atoms with Crippen molar-refractivity contribution in [2.45, 2.75) is 20.3 Å². The number of amides is 1. The largest absolute Gasteiger partial charge is 0.478 e. The molecule has 1 aromatic carbocycles. The Labute approximate surface area is 126 Å². The third kappa shape index (κ3) is 2.34. The summed E-state index contributed by atoms with van der Waals surface area (Å²) in [6.45, 7) is 4.59. The van der Waals surface area contributed by atoms with Gasteiger partial charge in [0.15, 0.2) is 0 Å². The maximum atomic E-state index is 12.6. The number of nitrogens with zero attached hydrogens (tertiary/aromatic N) is 1. The Balaban J connectivity index is 1.98. The number of carbonyl (C=O) groups excluding carboxylic acids is 1. The number of anilines is 1. The number of rotatable bonds is 2. The van der Waals surface area contributed by atoms with Gasteiger partial charge in [0.1, 0.15) is 0 Å². The highest BCUT2D eigenvalue weighted by atomic mass is 32.1. The summed E-state index contributed by atoms with van der Waals surface area (Å²) in [5, 5.41) is 9.10. The average Bonchev–Trinajstić information content (AvgIpc) is 3.01. The van der Waals surface area contributed by atoms with Crippen molar-refractivity contribution in [1.29, 1.82) is 0 Å². The van der Waals surface area contributed by atoms with Crippen molar-refractivity contribution in [3.05, 3.63) is 50.7 Å². The van der Waals surface area contributed by atoms with Crippen molar-refractivity contribution in [2.75, 3.05) is 11.4 Å². The Hall–Kier alpha value is -2.14. The maximum Gasteiger partial charge on any atom is 0.335 e. The molecular weight excluding hydrogens is 286 g/mol. The Morgan fingerprint density at radius 3 is 2.62 bits per heavy atom. The fraction of sp³-hybridized carbons (Fsp3) is 0.250. The fourth-order valence-electron chi connectivity index (χ4n) is 2.53. The highest BCUT2D eigenvalue weighted by Gasteiger charge is 2.27. The number of aryl methyl sites for hydroxylation is 2. The van der Waals surface area contributed by atoms with E-state index >= 15 is 0 Å². The van der Waals surface area contributed by atoms with Crippen LogP contribution < -0.4 is 4.90 Å². The Bertz CT molecular complexity index is 728. The smallest absolute Gasteiger partial charge is 0.335 e. The summed E-state index contributed by atoms with van der Waals surface area (Å²) in [7, 11) is 0. The molecule has 21 heavy (non-hydrogen) atoms. The molecule has 2 aromatic rings. The lowest BCUT2D eigenvalue weighted by molar-refractivity contribution is 0.0696. The second kappa shape index (κ2) is 5.00. The molecule has 1 aliphatic rings. The number of aromatic carboxylic acids is 1. The van der Waals surface area contributed by atoms with Gasteiger partial charge in [-0.25, -0.2) is 4.79 Å². The van der Waals surface area contributed by atoms with Crippen molar-refractivity contribution in [3.8, 4) is 0 Å². The molecular formula is C16H15NO3S. The van der Waals surface area contributed by atoms with Gasteiger partial charge in [0.2, 0.25) is 0 Å². The van der Waals surface area contributed by atoms with E-state index in [4.69, 9.17) is 5.11 Å². The quantitative estimate of drug-likeness (QED) is 0.926. The van der Waals surface area contributed by atoms with Gasteiger partial charge in [-0.1, -0.05) is 6.07 Å². The van der Waals surface area contributed by atoms with E-state index in [0.29, 0.717) is 11.4 Å². The number of carboxylic acid groups (broad SMARTS) is 1. The van der Waals surface area contributed by atoms with Crippen molar-refractivity contribution < 1.29 is 14.7 Å². The van der Waals surface area contributed by atoms with Crippen molar-refractivity contribution in [2.24, 2.45) is 0 Å². The lowest BCUT2D eigenvalue weighted by Crippen LogP contribution is -2.28. The summed E-state index contributed by atoms with van der Waals surface area (Å²) in [5.41, 5.74) is 3.08. The molecule has 0 spiro atoms. The van der Waals surface area contributed by atoms with Gasteiger partial charge in [-0.2, -0.15) is 0 Å². The van der Waals surface area contributed by atoms with E-state index < -0.39 is 5.97 Å². The first-order chi connectivity index (χ1) is 9.97. The minimum atomic E-state index is -0.972. The van der Waals surface area contributed by atoms with E-state index in [9.17, 15) is 9.59 Å². The number of thiophene rings is 1. The standard InChI is InChI=1S/C16H15NO3S/c1-9-7-14(21-10(9)2)15(18)17-6-5-11-3-4-12(16(19)20)8-13(11)17/h3-4,7-8H,5-6H2,1-2H3,(H,19,20). The van der Waals surface area contributed by atoms with E-state index in [1.807, 2.05) is 19.9 Å². The lowest BCUT2D eigenvalue weighted by atomic mass is 10.1. The molecule has 1 aliphatic heterocycles. The van der Waals surface area contributed by atoms with Gasteiger partial charge in [-0.3, -0.25) is 4.79 Å². The van der Waals surface area contributed by atoms with Gasteiger partial charge >= 0.3 is 5.97 Å². The van der Waals surface area contributed by atoms with Crippen LogP contribution in [0.1, 0.15) is 36.0 Å². The van der Waals surface area contributed by atoms with E-state index in [0.717, 1.165) is 28.1 Å². The predicted octanol–water partition coefficient (Wildman–Crippen LogP) is 3.27. The van der Waals surface area contributed by atoms with Crippen LogP contribution in [0.15, 0.2) is 24.3 Å². The fourth-order valence-corrected chi connectivity index (χ4v) is 3.52. The molecule has 1 N–H and O–H groups in total. The average molecular weight is 301 g/mol. The number of hydrogen-bond donors (Lipinski definition) is 1. The van der Waals surface area contributed by atoms with Gasteiger partial charge < -0.3 is 10.0 Å². The highest BCUT2D eigenvalue weighted by molar-refractivity contribution is 7.14. The molecule has 0 radical (unpaired) electrons. The van der Waals surface area contributed by atoms with E-state index in [1.165, 1.54) is 11.3 Å². The SMILES string of the molecule is Cc1cc(C(=O)N2CCc3ccc(C(=O)O)cc32)sc1C. The Morgan fingerprint density at radius 2 is 2.00 bits per heavy atom. The second-order valence-corrected chi connectivity index (χ2v) is 6.46. The molecule has 108 valence electrons. The first kappa shape index (κ1) is 13.8. The van der Waals surface area contributed by atoms with Gasteiger partial charge in [0.05, 0.1) is 10.4 Å². The van der Waals surface area contributed by atoms with Crippen molar-refractivity contribution >= 4 is 28.9 Å². The number of carboxylic acids is 1. The van der Waals surface area contributed by atoms with Crippen LogP contribution in [0.2, 0.25) is 0 Å².